The lowest BCUT2D eigenvalue weighted by atomic mass is 9.85. The van der Waals surface area contributed by atoms with Crippen molar-refractivity contribution in [3.8, 4) is 0 Å². The molecule has 1 fully saturated rings. The van der Waals surface area contributed by atoms with Gasteiger partial charge in [0, 0.05) is 13.6 Å². The highest BCUT2D eigenvalue weighted by atomic mass is 16.2. The number of nitrogens with zero attached hydrogens (tertiary/aromatic N) is 1. The second kappa shape index (κ2) is 6.71. The molecule has 1 aromatic carbocycles. The van der Waals surface area contributed by atoms with Crippen molar-refractivity contribution < 1.29 is 4.79 Å². The van der Waals surface area contributed by atoms with Gasteiger partial charge in [0.25, 0.3) is 0 Å². The van der Waals surface area contributed by atoms with Crippen LogP contribution in [0.3, 0.4) is 0 Å². The summed E-state index contributed by atoms with van der Waals surface area (Å²) in [5.41, 5.74) is 7.25. The third kappa shape index (κ3) is 4.06. The molecule has 0 unspecified atom stereocenters. The minimum atomic E-state index is -0.370. The molecule has 0 aromatic heterocycles. The highest BCUT2D eigenvalue weighted by molar-refractivity contribution is 5.81. The van der Waals surface area contributed by atoms with E-state index < -0.39 is 0 Å². The van der Waals surface area contributed by atoms with E-state index in [1.807, 2.05) is 30.1 Å². The summed E-state index contributed by atoms with van der Waals surface area (Å²) in [6, 6.07) is 9.83. The van der Waals surface area contributed by atoms with E-state index >= 15 is 0 Å². The number of hydrogen-bond donors (Lipinski definition) is 1. The highest BCUT2D eigenvalue weighted by Crippen LogP contribution is 2.26. The number of benzene rings is 1. The minimum Gasteiger partial charge on any atom is -0.344 e. The number of hydrogen-bond acceptors (Lipinski definition) is 2. The molecule has 0 heterocycles. The standard InChI is InChI=1S/C16H24N2O/c1-18(12-14-8-5-9-14)16(19)15(17)11-10-13-6-3-2-4-7-13/h2-4,6-7,14-15H,5,8-12,17H2,1H3/t15-/m0/s1. The molecule has 2 N–H and O–H groups in total. The first-order valence-corrected chi connectivity index (χ1v) is 7.21. The number of amides is 1. The summed E-state index contributed by atoms with van der Waals surface area (Å²) < 4.78 is 0. The van der Waals surface area contributed by atoms with Gasteiger partial charge in [0.15, 0.2) is 0 Å². The number of carbonyl (C=O) groups is 1. The van der Waals surface area contributed by atoms with Crippen LogP contribution in [0.4, 0.5) is 0 Å². The molecule has 104 valence electrons. The van der Waals surface area contributed by atoms with Gasteiger partial charge in [-0.05, 0) is 37.2 Å². The summed E-state index contributed by atoms with van der Waals surface area (Å²) >= 11 is 0. The van der Waals surface area contributed by atoms with Crippen molar-refractivity contribution in [2.45, 2.75) is 38.1 Å². The van der Waals surface area contributed by atoms with Crippen molar-refractivity contribution in [1.82, 2.24) is 4.90 Å². The quantitative estimate of drug-likeness (QED) is 0.852. The van der Waals surface area contributed by atoms with Crippen molar-refractivity contribution in [3.63, 3.8) is 0 Å². The molecule has 0 aliphatic heterocycles. The van der Waals surface area contributed by atoms with E-state index in [-0.39, 0.29) is 11.9 Å². The molecule has 0 radical (unpaired) electrons. The Morgan fingerprint density at radius 3 is 2.63 bits per heavy atom. The Labute approximate surface area is 115 Å². The van der Waals surface area contributed by atoms with Gasteiger partial charge in [0.05, 0.1) is 6.04 Å². The first-order valence-electron chi connectivity index (χ1n) is 7.21. The van der Waals surface area contributed by atoms with Gasteiger partial charge in [0.1, 0.15) is 0 Å². The number of aryl methyl sites for hydroxylation is 1. The Morgan fingerprint density at radius 2 is 2.05 bits per heavy atom. The topological polar surface area (TPSA) is 46.3 Å². The number of nitrogens with two attached hydrogens (primary N) is 1. The van der Waals surface area contributed by atoms with Crippen LogP contribution in [0.2, 0.25) is 0 Å². The molecule has 1 aromatic rings. The first kappa shape index (κ1) is 14.1. The van der Waals surface area contributed by atoms with Gasteiger partial charge in [-0.3, -0.25) is 4.79 Å². The summed E-state index contributed by atoms with van der Waals surface area (Å²) in [7, 11) is 1.88. The molecule has 19 heavy (non-hydrogen) atoms. The molecule has 1 aliphatic rings. The van der Waals surface area contributed by atoms with Crippen LogP contribution in [0.1, 0.15) is 31.2 Å². The molecule has 1 aliphatic carbocycles. The second-order valence-corrected chi connectivity index (χ2v) is 5.65. The fourth-order valence-electron chi connectivity index (χ4n) is 2.53. The summed E-state index contributed by atoms with van der Waals surface area (Å²) in [6.07, 6.45) is 5.42. The van der Waals surface area contributed by atoms with E-state index in [2.05, 4.69) is 12.1 Å². The monoisotopic (exact) mass is 260 g/mol. The van der Waals surface area contributed by atoms with Crippen LogP contribution >= 0.6 is 0 Å². The average Bonchev–Trinajstić information content (AvgIpc) is 2.40. The maximum Gasteiger partial charge on any atom is 0.239 e. The number of rotatable bonds is 6. The van der Waals surface area contributed by atoms with Gasteiger partial charge >= 0.3 is 0 Å². The zero-order chi connectivity index (χ0) is 13.7. The highest BCUT2D eigenvalue weighted by Gasteiger charge is 2.24. The maximum absolute atomic E-state index is 12.1. The molecule has 0 saturated heterocycles. The Kier molecular flexibility index (Phi) is 4.97. The molecule has 3 nitrogen and oxygen atoms in total. The van der Waals surface area contributed by atoms with Crippen LogP contribution in [0, 0.1) is 5.92 Å². The smallest absolute Gasteiger partial charge is 0.239 e. The molecule has 1 atom stereocenters. The van der Waals surface area contributed by atoms with Crippen LogP contribution in [0.25, 0.3) is 0 Å². The van der Waals surface area contributed by atoms with Gasteiger partial charge < -0.3 is 10.6 Å². The maximum atomic E-state index is 12.1. The van der Waals surface area contributed by atoms with E-state index in [9.17, 15) is 4.79 Å². The van der Waals surface area contributed by atoms with E-state index in [4.69, 9.17) is 5.73 Å². The predicted octanol–water partition coefficient (Wildman–Crippen LogP) is 2.21. The van der Waals surface area contributed by atoms with Crippen LogP contribution in [0.15, 0.2) is 30.3 Å². The van der Waals surface area contributed by atoms with Gasteiger partial charge in [0.2, 0.25) is 5.91 Å². The molecule has 1 saturated carbocycles. The molecular formula is C16H24N2O. The molecule has 0 spiro atoms. The lowest BCUT2D eigenvalue weighted by molar-refractivity contribution is -0.132. The summed E-state index contributed by atoms with van der Waals surface area (Å²) in [5.74, 6) is 0.790. The van der Waals surface area contributed by atoms with Crippen LogP contribution in [-0.4, -0.2) is 30.4 Å². The van der Waals surface area contributed by atoms with Crippen molar-refractivity contribution in [3.05, 3.63) is 35.9 Å². The normalized spacial score (nSPS) is 16.7. The predicted molar refractivity (Wildman–Crippen MR) is 77.7 cm³/mol. The summed E-state index contributed by atoms with van der Waals surface area (Å²) in [4.78, 5) is 14.0. The molecular weight excluding hydrogens is 236 g/mol. The van der Waals surface area contributed by atoms with Gasteiger partial charge in [-0.25, -0.2) is 0 Å². The minimum absolute atomic E-state index is 0.0860. The lowest BCUT2D eigenvalue weighted by Gasteiger charge is -2.31. The SMILES string of the molecule is CN(CC1CCC1)C(=O)[C@@H](N)CCc1ccccc1. The van der Waals surface area contributed by atoms with E-state index in [1.165, 1.54) is 24.8 Å². The van der Waals surface area contributed by atoms with Gasteiger partial charge in [-0.2, -0.15) is 0 Å². The van der Waals surface area contributed by atoms with Crippen molar-refractivity contribution in [2.75, 3.05) is 13.6 Å². The zero-order valence-corrected chi connectivity index (χ0v) is 11.7. The zero-order valence-electron chi connectivity index (χ0n) is 11.7. The van der Waals surface area contributed by atoms with Gasteiger partial charge in [-0.1, -0.05) is 36.8 Å². The van der Waals surface area contributed by atoms with Crippen LogP contribution in [0.5, 0.6) is 0 Å². The van der Waals surface area contributed by atoms with E-state index in [1.54, 1.807) is 0 Å². The third-order valence-electron chi connectivity index (χ3n) is 4.04. The Morgan fingerprint density at radius 1 is 1.37 bits per heavy atom. The largest absolute Gasteiger partial charge is 0.344 e. The van der Waals surface area contributed by atoms with Crippen molar-refractivity contribution >= 4 is 5.91 Å². The third-order valence-corrected chi connectivity index (χ3v) is 4.04. The van der Waals surface area contributed by atoms with Crippen LogP contribution in [-0.2, 0) is 11.2 Å². The van der Waals surface area contributed by atoms with E-state index in [0.29, 0.717) is 5.92 Å². The fraction of sp³-hybridized carbons (Fsp3) is 0.562. The Balaban J connectivity index is 1.75. The Hall–Kier alpha value is -1.35. The molecule has 1 amide bonds. The number of carbonyl (C=O) groups excluding carboxylic acids is 1. The van der Waals surface area contributed by atoms with Crippen molar-refractivity contribution in [1.29, 1.82) is 0 Å². The van der Waals surface area contributed by atoms with Crippen LogP contribution < -0.4 is 5.73 Å². The first-order chi connectivity index (χ1) is 9.16. The molecule has 2 rings (SSSR count). The fourth-order valence-corrected chi connectivity index (χ4v) is 2.53. The second-order valence-electron chi connectivity index (χ2n) is 5.65. The summed E-state index contributed by atoms with van der Waals surface area (Å²) in [6.45, 7) is 0.873. The van der Waals surface area contributed by atoms with Gasteiger partial charge in [-0.15, -0.1) is 0 Å². The number of likely N-dealkylation sites (N-methyl/N-ethyl adjacent to an activating group) is 1. The van der Waals surface area contributed by atoms with Crippen molar-refractivity contribution in [2.24, 2.45) is 11.7 Å². The average molecular weight is 260 g/mol. The van der Waals surface area contributed by atoms with E-state index in [0.717, 1.165) is 19.4 Å². The lowest BCUT2D eigenvalue weighted by Crippen LogP contribution is -2.44. The Bertz CT molecular complexity index is 400. The molecule has 0 bridgehead atoms. The molecule has 3 heteroatoms. The summed E-state index contributed by atoms with van der Waals surface area (Å²) in [5, 5.41) is 0.